The van der Waals surface area contributed by atoms with Gasteiger partial charge < -0.3 is 19.4 Å². The third kappa shape index (κ3) is 4.94. The Morgan fingerprint density at radius 3 is 2.38 bits per heavy atom. The average molecular weight is 366 g/mol. The Morgan fingerprint density at radius 1 is 1.19 bits per heavy atom. The van der Waals surface area contributed by atoms with Crippen LogP contribution < -0.4 is 0 Å². The van der Waals surface area contributed by atoms with E-state index in [9.17, 15) is 14.4 Å². The van der Waals surface area contributed by atoms with Gasteiger partial charge in [0.15, 0.2) is 5.78 Å². The maximum Gasteiger partial charge on any atom is 0.355 e. The molecule has 0 aliphatic heterocycles. The predicted molar refractivity (Wildman–Crippen MR) is 98.5 cm³/mol. The van der Waals surface area contributed by atoms with E-state index in [1.54, 1.807) is 46.6 Å². The van der Waals surface area contributed by atoms with Crippen molar-refractivity contribution in [1.29, 1.82) is 0 Å². The van der Waals surface area contributed by atoms with Gasteiger partial charge in [-0.05, 0) is 39.7 Å². The number of ether oxygens (including phenoxy) is 2. The van der Waals surface area contributed by atoms with Crippen LogP contribution in [-0.2, 0) is 14.3 Å². The molecule has 146 valence electrons. The van der Waals surface area contributed by atoms with Gasteiger partial charge in [-0.1, -0.05) is 6.92 Å². The first-order chi connectivity index (χ1) is 12.3. The Kier molecular flexibility index (Phi) is 8.51. The molecule has 0 aliphatic carbocycles. The first-order valence-electron chi connectivity index (χ1n) is 8.98. The molecule has 0 aliphatic rings. The first kappa shape index (κ1) is 21.9. The summed E-state index contributed by atoms with van der Waals surface area (Å²) in [6.45, 7) is 9.90. The minimum absolute atomic E-state index is 0.0848. The summed E-state index contributed by atoms with van der Waals surface area (Å²) in [5.41, 5.74) is 1.88. The number of nitrogens with zero attached hydrogens (tertiary/aromatic N) is 1. The number of H-pyrrole nitrogens is 1. The van der Waals surface area contributed by atoms with Gasteiger partial charge in [0.2, 0.25) is 5.91 Å². The summed E-state index contributed by atoms with van der Waals surface area (Å²) >= 11 is 0. The van der Waals surface area contributed by atoms with Gasteiger partial charge in [-0.25, -0.2) is 4.79 Å². The van der Waals surface area contributed by atoms with Crippen LogP contribution in [0.1, 0.15) is 65.7 Å². The fraction of sp³-hybridized carbons (Fsp3) is 0.632. The highest BCUT2D eigenvalue weighted by atomic mass is 16.5. The number of nitrogens with one attached hydrogen (secondary N) is 1. The molecule has 1 rings (SSSR count). The Bertz CT molecular complexity index is 651. The molecular weight excluding hydrogens is 336 g/mol. The highest BCUT2D eigenvalue weighted by molar-refractivity contribution is 6.06. The second-order valence-electron chi connectivity index (χ2n) is 6.17. The molecule has 1 aromatic rings. The lowest BCUT2D eigenvalue weighted by Crippen LogP contribution is -2.44. The van der Waals surface area contributed by atoms with Crippen molar-refractivity contribution in [2.45, 2.75) is 53.5 Å². The van der Waals surface area contributed by atoms with Crippen LogP contribution in [0.25, 0.3) is 0 Å². The van der Waals surface area contributed by atoms with Crippen molar-refractivity contribution in [1.82, 2.24) is 9.88 Å². The number of rotatable bonds is 10. The van der Waals surface area contributed by atoms with Crippen molar-refractivity contribution in [2.24, 2.45) is 0 Å². The van der Waals surface area contributed by atoms with Gasteiger partial charge in [0, 0.05) is 37.9 Å². The van der Waals surface area contributed by atoms with Gasteiger partial charge >= 0.3 is 5.97 Å². The number of amides is 1. The van der Waals surface area contributed by atoms with Gasteiger partial charge in [0.05, 0.1) is 12.6 Å². The van der Waals surface area contributed by atoms with E-state index in [4.69, 9.17) is 9.47 Å². The predicted octanol–water partition coefficient (Wildman–Crippen LogP) is 2.65. The third-order valence-electron chi connectivity index (χ3n) is 4.38. The molecule has 0 aromatic carbocycles. The summed E-state index contributed by atoms with van der Waals surface area (Å²) in [6, 6.07) is -0.623. The third-order valence-corrected chi connectivity index (χ3v) is 4.38. The molecule has 1 atom stereocenters. The molecule has 7 nitrogen and oxygen atoms in total. The Labute approximate surface area is 155 Å². The quantitative estimate of drug-likeness (QED) is 0.391. The molecule has 7 heteroatoms. The lowest BCUT2D eigenvalue weighted by molar-refractivity contribution is -0.132. The number of Topliss-reactive ketones (excluding diaryl/α,β-unsaturated/α-hetero) is 1. The van der Waals surface area contributed by atoms with Crippen molar-refractivity contribution in [2.75, 3.05) is 26.9 Å². The minimum atomic E-state index is -0.623. The number of hydrogen-bond acceptors (Lipinski definition) is 5. The van der Waals surface area contributed by atoms with Crippen LogP contribution in [0.5, 0.6) is 0 Å². The zero-order chi connectivity index (χ0) is 19.9. The average Bonchev–Trinajstić information content (AvgIpc) is 2.91. The molecule has 1 amide bonds. The van der Waals surface area contributed by atoms with Crippen LogP contribution in [0.2, 0.25) is 0 Å². The van der Waals surface area contributed by atoms with Crippen LogP contribution in [-0.4, -0.2) is 60.5 Å². The van der Waals surface area contributed by atoms with Crippen molar-refractivity contribution in [3.63, 3.8) is 0 Å². The van der Waals surface area contributed by atoms with E-state index < -0.39 is 12.0 Å². The molecule has 0 radical (unpaired) electrons. The summed E-state index contributed by atoms with van der Waals surface area (Å²) in [7, 11) is 1.60. The number of carbonyl (C=O) groups is 3. The molecule has 0 saturated heterocycles. The molecule has 0 spiro atoms. The fourth-order valence-corrected chi connectivity index (χ4v) is 2.99. The fourth-order valence-electron chi connectivity index (χ4n) is 2.99. The molecule has 0 fully saturated rings. The number of esters is 1. The monoisotopic (exact) mass is 366 g/mol. The van der Waals surface area contributed by atoms with Crippen molar-refractivity contribution in [3.05, 3.63) is 22.5 Å². The SMILES string of the molecule is CCOC(=O)c1[nH]c(C)c(C(=O)[C@H](C)N(CCCOC)C(=O)CC)c1C. The lowest BCUT2D eigenvalue weighted by atomic mass is 9.99. The van der Waals surface area contributed by atoms with Crippen molar-refractivity contribution >= 4 is 17.7 Å². The zero-order valence-electron chi connectivity index (χ0n) is 16.6. The molecule has 0 saturated carbocycles. The van der Waals surface area contributed by atoms with Crippen LogP contribution in [0.3, 0.4) is 0 Å². The number of aromatic amines is 1. The van der Waals surface area contributed by atoms with E-state index >= 15 is 0 Å². The van der Waals surface area contributed by atoms with Gasteiger partial charge in [-0.2, -0.15) is 0 Å². The van der Waals surface area contributed by atoms with Crippen molar-refractivity contribution in [3.8, 4) is 0 Å². The van der Waals surface area contributed by atoms with Gasteiger partial charge in [-0.15, -0.1) is 0 Å². The number of hydrogen-bond donors (Lipinski definition) is 1. The number of ketones is 1. The molecule has 0 unspecified atom stereocenters. The van der Waals surface area contributed by atoms with Gasteiger partial charge in [-0.3, -0.25) is 9.59 Å². The first-order valence-corrected chi connectivity index (χ1v) is 8.98. The number of aromatic nitrogens is 1. The maximum atomic E-state index is 13.1. The Balaban J connectivity index is 3.12. The normalized spacial score (nSPS) is 11.9. The van der Waals surface area contributed by atoms with E-state index in [1.807, 2.05) is 0 Å². The van der Waals surface area contributed by atoms with Crippen LogP contribution >= 0.6 is 0 Å². The smallest absolute Gasteiger partial charge is 0.355 e. The molecular formula is C19H30N2O5. The highest BCUT2D eigenvalue weighted by Crippen LogP contribution is 2.22. The molecule has 1 aromatic heterocycles. The van der Waals surface area contributed by atoms with Crippen LogP contribution in [0.4, 0.5) is 0 Å². The molecule has 26 heavy (non-hydrogen) atoms. The van der Waals surface area contributed by atoms with E-state index in [0.717, 1.165) is 0 Å². The van der Waals surface area contributed by atoms with Crippen LogP contribution in [0.15, 0.2) is 0 Å². The molecule has 0 bridgehead atoms. The molecule has 1 N–H and O–H groups in total. The minimum Gasteiger partial charge on any atom is -0.461 e. The Morgan fingerprint density at radius 2 is 1.85 bits per heavy atom. The summed E-state index contributed by atoms with van der Waals surface area (Å²) in [4.78, 5) is 42.0. The van der Waals surface area contributed by atoms with E-state index in [2.05, 4.69) is 4.98 Å². The summed E-state index contributed by atoms with van der Waals surface area (Å²) in [6.07, 6.45) is 0.975. The van der Waals surface area contributed by atoms with Gasteiger partial charge in [0.25, 0.3) is 0 Å². The Hall–Kier alpha value is -2.15. The largest absolute Gasteiger partial charge is 0.461 e. The highest BCUT2D eigenvalue weighted by Gasteiger charge is 2.30. The van der Waals surface area contributed by atoms with Crippen LogP contribution in [0, 0.1) is 13.8 Å². The second kappa shape index (κ2) is 10.1. The second-order valence-corrected chi connectivity index (χ2v) is 6.17. The van der Waals surface area contributed by atoms with E-state index in [0.29, 0.717) is 42.8 Å². The topological polar surface area (TPSA) is 88.7 Å². The standard InChI is InChI=1S/C19H30N2O5/c1-7-15(22)21(10-9-11-25-6)14(5)18(23)16-12(3)17(20-13(16)4)19(24)26-8-2/h14,20H,7-11H2,1-6H3/t14-/m0/s1. The lowest BCUT2D eigenvalue weighted by Gasteiger charge is -2.28. The molecule has 1 heterocycles. The summed E-state index contributed by atoms with van der Waals surface area (Å²) in [5.74, 6) is -0.759. The van der Waals surface area contributed by atoms with Crippen molar-refractivity contribution < 1.29 is 23.9 Å². The summed E-state index contributed by atoms with van der Waals surface area (Å²) < 4.78 is 10.1. The zero-order valence-corrected chi connectivity index (χ0v) is 16.6. The number of methoxy groups -OCH3 is 1. The summed E-state index contributed by atoms with van der Waals surface area (Å²) in [5, 5.41) is 0. The number of carbonyl (C=O) groups excluding carboxylic acids is 3. The van der Waals surface area contributed by atoms with E-state index in [-0.39, 0.29) is 24.0 Å². The van der Waals surface area contributed by atoms with E-state index in [1.165, 1.54) is 0 Å². The van der Waals surface area contributed by atoms with Gasteiger partial charge in [0.1, 0.15) is 5.69 Å². The maximum absolute atomic E-state index is 13.1. The number of aryl methyl sites for hydroxylation is 1.